The molecule has 5 nitrogen and oxygen atoms in total. The van der Waals surface area contributed by atoms with Crippen LogP contribution in [0.2, 0.25) is 0 Å². The van der Waals surface area contributed by atoms with Gasteiger partial charge in [-0.15, -0.1) is 0 Å². The molecular formula is C9H20N2O3. The second-order valence-electron chi connectivity index (χ2n) is 3.05. The first-order valence-electron chi connectivity index (χ1n) is 4.63. The first kappa shape index (κ1) is 13.2. The molecule has 0 aromatic carbocycles. The molecule has 0 heterocycles. The first-order valence-corrected chi connectivity index (χ1v) is 4.63. The lowest BCUT2D eigenvalue weighted by Gasteiger charge is -2.28. The predicted molar refractivity (Wildman–Crippen MR) is 54.4 cm³/mol. The van der Waals surface area contributed by atoms with Gasteiger partial charge in [0, 0.05) is 27.8 Å². The highest BCUT2D eigenvalue weighted by Crippen LogP contribution is 1.99. The molecule has 2 amide bonds. The summed E-state index contributed by atoms with van der Waals surface area (Å²) in [6.45, 7) is 3.56. The van der Waals surface area contributed by atoms with Crippen molar-refractivity contribution in [2.75, 3.05) is 41.0 Å². The van der Waals surface area contributed by atoms with Crippen molar-refractivity contribution in [3.63, 3.8) is 0 Å². The van der Waals surface area contributed by atoms with Gasteiger partial charge in [-0.2, -0.15) is 0 Å². The summed E-state index contributed by atoms with van der Waals surface area (Å²) >= 11 is 0. The van der Waals surface area contributed by atoms with Crippen molar-refractivity contribution < 1.29 is 14.3 Å². The molecule has 1 atom stereocenters. The molecule has 0 aliphatic heterocycles. The molecule has 0 aliphatic carbocycles. The third-order valence-electron chi connectivity index (χ3n) is 1.95. The van der Waals surface area contributed by atoms with Crippen LogP contribution in [0.3, 0.4) is 0 Å². The van der Waals surface area contributed by atoms with E-state index < -0.39 is 0 Å². The number of urea groups is 1. The SMILES string of the molecule is CNC(=O)N(CCOC)C(C)COC. The lowest BCUT2D eigenvalue weighted by atomic mass is 10.3. The molecule has 0 aliphatic rings. The zero-order valence-electron chi connectivity index (χ0n) is 9.37. The monoisotopic (exact) mass is 204 g/mol. The molecule has 0 aromatic rings. The van der Waals surface area contributed by atoms with E-state index in [4.69, 9.17) is 9.47 Å². The molecular weight excluding hydrogens is 184 g/mol. The molecule has 84 valence electrons. The highest BCUT2D eigenvalue weighted by Gasteiger charge is 2.18. The second kappa shape index (κ2) is 7.58. The van der Waals surface area contributed by atoms with Crippen molar-refractivity contribution in [1.29, 1.82) is 0 Å². The Bertz CT molecular complexity index is 164. The first-order chi connectivity index (χ1) is 6.67. The topological polar surface area (TPSA) is 50.8 Å². The Balaban J connectivity index is 4.14. The molecule has 1 unspecified atom stereocenters. The van der Waals surface area contributed by atoms with E-state index in [0.717, 1.165) is 0 Å². The van der Waals surface area contributed by atoms with E-state index >= 15 is 0 Å². The summed E-state index contributed by atoms with van der Waals surface area (Å²) in [5.74, 6) is 0. The molecule has 0 bridgehead atoms. The van der Waals surface area contributed by atoms with E-state index in [-0.39, 0.29) is 12.1 Å². The molecule has 0 aromatic heterocycles. The average Bonchev–Trinajstić information content (AvgIpc) is 2.18. The summed E-state index contributed by atoms with van der Waals surface area (Å²) in [5.41, 5.74) is 0. The summed E-state index contributed by atoms with van der Waals surface area (Å²) in [7, 11) is 4.85. The maximum Gasteiger partial charge on any atom is 0.317 e. The Hall–Kier alpha value is -0.810. The smallest absolute Gasteiger partial charge is 0.317 e. The van der Waals surface area contributed by atoms with Gasteiger partial charge < -0.3 is 19.7 Å². The van der Waals surface area contributed by atoms with Crippen molar-refractivity contribution in [1.82, 2.24) is 10.2 Å². The van der Waals surface area contributed by atoms with Crippen LogP contribution < -0.4 is 5.32 Å². The number of carbonyl (C=O) groups is 1. The summed E-state index contributed by atoms with van der Waals surface area (Å²) in [5, 5.41) is 2.59. The van der Waals surface area contributed by atoms with Crippen molar-refractivity contribution in [3.05, 3.63) is 0 Å². The van der Waals surface area contributed by atoms with Crippen LogP contribution in [-0.2, 0) is 9.47 Å². The Morgan fingerprint density at radius 3 is 2.50 bits per heavy atom. The van der Waals surface area contributed by atoms with Crippen LogP contribution in [0.5, 0.6) is 0 Å². The van der Waals surface area contributed by atoms with Crippen LogP contribution in [0.1, 0.15) is 6.92 Å². The molecule has 0 saturated carbocycles. The average molecular weight is 204 g/mol. The number of rotatable bonds is 6. The zero-order chi connectivity index (χ0) is 11.0. The van der Waals surface area contributed by atoms with Gasteiger partial charge in [-0.25, -0.2) is 4.79 Å². The number of ether oxygens (including phenoxy) is 2. The Morgan fingerprint density at radius 1 is 1.43 bits per heavy atom. The Kier molecular flexibility index (Phi) is 7.14. The van der Waals surface area contributed by atoms with Gasteiger partial charge in [0.25, 0.3) is 0 Å². The van der Waals surface area contributed by atoms with E-state index in [1.807, 2.05) is 6.92 Å². The standard InChI is InChI=1S/C9H20N2O3/c1-8(7-14-4)11(5-6-13-3)9(12)10-2/h8H,5-7H2,1-4H3,(H,10,12). The van der Waals surface area contributed by atoms with Gasteiger partial charge in [-0.1, -0.05) is 0 Å². The van der Waals surface area contributed by atoms with E-state index in [1.54, 1.807) is 26.2 Å². The lowest BCUT2D eigenvalue weighted by molar-refractivity contribution is 0.0912. The number of nitrogens with one attached hydrogen (secondary N) is 1. The number of nitrogens with zero attached hydrogens (tertiary/aromatic N) is 1. The summed E-state index contributed by atoms with van der Waals surface area (Å²) in [6.07, 6.45) is 0. The second-order valence-corrected chi connectivity index (χ2v) is 3.05. The van der Waals surface area contributed by atoms with Gasteiger partial charge in [-0.3, -0.25) is 0 Å². The minimum atomic E-state index is -0.105. The molecule has 0 rings (SSSR count). The third-order valence-corrected chi connectivity index (χ3v) is 1.95. The number of amides is 2. The summed E-state index contributed by atoms with van der Waals surface area (Å²) < 4.78 is 9.93. The summed E-state index contributed by atoms with van der Waals surface area (Å²) in [4.78, 5) is 13.1. The highest BCUT2D eigenvalue weighted by atomic mass is 16.5. The molecule has 14 heavy (non-hydrogen) atoms. The fourth-order valence-electron chi connectivity index (χ4n) is 1.19. The molecule has 0 fully saturated rings. The van der Waals surface area contributed by atoms with Crippen molar-refractivity contribution >= 4 is 6.03 Å². The Morgan fingerprint density at radius 2 is 2.07 bits per heavy atom. The van der Waals surface area contributed by atoms with Gasteiger partial charge >= 0.3 is 6.03 Å². The quantitative estimate of drug-likeness (QED) is 0.677. The molecule has 1 N–H and O–H groups in total. The Labute approximate surface area is 85.4 Å². The molecule has 0 spiro atoms. The maximum absolute atomic E-state index is 11.4. The molecule has 0 saturated heterocycles. The van der Waals surface area contributed by atoms with Gasteiger partial charge in [0.1, 0.15) is 0 Å². The van der Waals surface area contributed by atoms with E-state index in [2.05, 4.69) is 5.32 Å². The number of methoxy groups -OCH3 is 2. The predicted octanol–water partition coefficient (Wildman–Crippen LogP) is 0.309. The van der Waals surface area contributed by atoms with E-state index in [9.17, 15) is 4.79 Å². The molecule has 5 heteroatoms. The summed E-state index contributed by atoms with van der Waals surface area (Å²) in [6, 6.07) is -0.0540. The molecule has 0 radical (unpaired) electrons. The number of carbonyl (C=O) groups excluding carboxylic acids is 1. The number of hydrogen-bond acceptors (Lipinski definition) is 3. The van der Waals surface area contributed by atoms with Gasteiger partial charge in [0.05, 0.1) is 19.3 Å². The van der Waals surface area contributed by atoms with E-state index in [1.165, 1.54) is 0 Å². The zero-order valence-corrected chi connectivity index (χ0v) is 9.37. The van der Waals surface area contributed by atoms with Crippen LogP contribution in [0.25, 0.3) is 0 Å². The van der Waals surface area contributed by atoms with Crippen LogP contribution in [0, 0.1) is 0 Å². The van der Waals surface area contributed by atoms with Gasteiger partial charge in [-0.05, 0) is 6.92 Å². The number of hydrogen-bond donors (Lipinski definition) is 1. The fraction of sp³-hybridized carbons (Fsp3) is 0.889. The third kappa shape index (κ3) is 4.43. The lowest BCUT2D eigenvalue weighted by Crippen LogP contribution is -2.47. The van der Waals surface area contributed by atoms with Gasteiger partial charge in [0.2, 0.25) is 0 Å². The largest absolute Gasteiger partial charge is 0.383 e. The fourth-order valence-corrected chi connectivity index (χ4v) is 1.19. The van der Waals surface area contributed by atoms with Crippen LogP contribution in [-0.4, -0.2) is 58.0 Å². The van der Waals surface area contributed by atoms with Gasteiger partial charge in [0.15, 0.2) is 0 Å². The minimum Gasteiger partial charge on any atom is -0.383 e. The minimum absolute atomic E-state index is 0.0510. The van der Waals surface area contributed by atoms with Crippen LogP contribution in [0.4, 0.5) is 4.79 Å². The van der Waals surface area contributed by atoms with Crippen LogP contribution >= 0.6 is 0 Å². The van der Waals surface area contributed by atoms with Crippen molar-refractivity contribution in [3.8, 4) is 0 Å². The van der Waals surface area contributed by atoms with Crippen LogP contribution in [0.15, 0.2) is 0 Å². The van der Waals surface area contributed by atoms with E-state index in [0.29, 0.717) is 19.8 Å². The normalized spacial score (nSPS) is 12.3. The highest BCUT2D eigenvalue weighted by molar-refractivity contribution is 5.74. The van der Waals surface area contributed by atoms with Crippen molar-refractivity contribution in [2.24, 2.45) is 0 Å². The maximum atomic E-state index is 11.4. The van der Waals surface area contributed by atoms with Crippen molar-refractivity contribution in [2.45, 2.75) is 13.0 Å².